The minimum Gasteiger partial charge on any atom is -0.481 e. The van der Waals surface area contributed by atoms with Crippen LogP contribution >= 0.6 is 0 Å². The van der Waals surface area contributed by atoms with E-state index in [2.05, 4.69) is 19.1 Å². The molecule has 0 aliphatic carbocycles. The Hall–Kier alpha value is -1.83. The standard InChI is InChI=1S/C10H17.C8H8O2/c1-3-5-7-9-10-8-6-4-2;9-8(10)6-7-4-2-1-3-5-7/h1,3,9-10H,4-8H2,2H3;1-5H,6H2,(H,9,10). The van der Waals surface area contributed by atoms with Crippen LogP contribution in [0, 0.1) is 6.58 Å². The molecule has 0 amide bonds. The van der Waals surface area contributed by atoms with Crippen LogP contribution in [0.25, 0.3) is 0 Å². The van der Waals surface area contributed by atoms with Crippen molar-refractivity contribution in [3.63, 3.8) is 0 Å². The second-order valence-corrected chi connectivity index (χ2v) is 4.48. The third-order valence-corrected chi connectivity index (χ3v) is 2.59. The molecular formula is C18H25O2. The van der Waals surface area contributed by atoms with Crippen LogP contribution in [0.2, 0.25) is 0 Å². The zero-order valence-electron chi connectivity index (χ0n) is 12.3. The van der Waals surface area contributed by atoms with E-state index in [1.165, 1.54) is 19.3 Å². The van der Waals surface area contributed by atoms with Gasteiger partial charge < -0.3 is 5.11 Å². The SMILES string of the molecule is O=C(O)Cc1ccccc1.[CH]=CCCC=CCCCC. The summed E-state index contributed by atoms with van der Waals surface area (Å²) in [7, 11) is 0. The summed E-state index contributed by atoms with van der Waals surface area (Å²) in [5, 5.41) is 8.37. The van der Waals surface area contributed by atoms with Crippen LogP contribution < -0.4 is 0 Å². The van der Waals surface area contributed by atoms with Crippen molar-refractivity contribution in [1.29, 1.82) is 0 Å². The molecule has 0 heterocycles. The first-order chi connectivity index (χ1) is 9.70. The Bertz CT molecular complexity index is 380. The van der Waals surface area contributed by atoms with Gasteiger partial charge in [-0.3, -0.25) is 4.79 Å². The monoisotopic (exact) mass is 273 g/mol. The van der Waals surface area contributed by atoms with Gasteiger partial charge in [0, 0.05) is 0 Å². The van der Waals surface area contributed by atoms with Gasteiger partial charge in [-0.15, -0.1) is 0 Å². The fraction of sp³-hybridized carbons (Fsp3) is 0.389. The highest BCUT2D eigenvalue weighted by atomic mass is 16.4. The fourth-order valence-electron chi connectivity index (χ4n) is 1.52. The van der Waals surface area contributed by atoms with Gasteiger partial charge in [0.15, 0.2) is 0 Å². The maximum atomic E-state index is 10.2. The highest BCUT2D eigenvalue weighted by Crippen LogP contribution is 1.98. The molecule has 0 bridgehead atoms. The van der Waals surface area contributed by atoms with E-state index in [9.17, 15) is 4.79 Å². The van der Waals surface area contributed by atoms with Gasteiger partial charge in [0.25, 0.3) is 0 Å². The third-order valence-electron chi connectivity index (χ3n) is 2.59. The summed E-state index contributed by atoms with van der Waals surface area (Å²) in [6, 6.07) is 9.13. The zero-order valence-corrected chi connectivity index (χ0v) is 12.3. The van der Waals surface area contributed by atoms with E-state index in [-0.39, 0.29) is 6.42 Å². The summed E-state index contributed by atoms with van der Waals surface area (Å²) in [6.07, 6.45) is 12.2. The highest BCUT2D eigenvalue weighted by Gasteiger charge is 1.96. The molecule has 0 aliphatic heterocycles. The summed E-state index contributed by atoms with van der Waals surface area (Å²) in [6.45, 7) is 7.42. The first-order valence-electron chi connectivity index (χ1n) is 7.14. The second kappa shape index (κ2) is 13.6. The number of hydrogen-bond donors (Lipinski definition) is 1. The Morgan fingerprint density at radius 2 is 1.80 bits per heavy atom. The van der Waals surface area contributed by atoms with E-state index in [0.29, 0.717) is 0 Å². The van der Waals surface area contributed by atoms with Gasteiger partial charge in [0.05, 0.1) is 6.42 Å². The number of aliphatic carboxylic acids is 1. The average Bonchev–Trinajstić information content (AvgIpc) is 2.44. The lowest BCUT2D eigenvalue weighted by Crippen LogP contribution is -1.98. The van der Waals surface area contributed by atoms with E-state index < -0.39 is 5.97 Å². The number of carboxylic acid groups (broad SMARTS) is 1. The molecule has 0 unspecified atom stereocenters. The van der Waals surface area contributed by atoms with Crippen LogP contribution in [0.5, 0.6) is 0 Å². The molecule has 2 nitrogen and oxygen atoms in total. The average molecular weight is 273 g/mol. The predicted molar refractivity (Wildman–Crippen MR) is 84.6 cm³/mol. The molecule has 0 atom stereocenters. The van der Waals surface area contributed by atoms with Gasteiger partial charge in [-0.2, -0.15) is 0 Å². The van der Waals surface area contributed by atoms with Gasteiger partial charge >= 0.3 is 5.97 Å². The Kier molecular flexibility index (Phi) is 12.4. The summed E-state index contributed by atoms with van der Waals surface area (Å²) in [5.41, 5.74) is 0.843. The van der Waals surface area contributed by atoms with Gasteiger partial charge in [-0.05, 0) is 24.8 Å². The number of unbranched alkanes of at least 4 members (excludes halogenated alkanes) is 3. The molecule has 0 saturated carbocycles. The van der Waals surface area contributed by atoms with Gasteiger partial charge in [0.2, 0.25) is 0 Å². The molecule has 2 heteroatoms. The molecule has 1 N–H and O–H groups in total. The zero-order chi connectivity index (χ0) is 15.1. The van der Waals surface area contributed by atoms with Gasteiger partial charge in [-0.25, -0.2) is 0 Å². The molecule has 1 radical (unpaired) electrons. The Morgan fingerprint density at radius 3 is 2.35 bits per heavy atom. The highest BCUT2D eigenvalue weighted by molar-refractivity contribution is 5.70. The van der Waals surface area contributed by atoms with E-state index in [0.717, 1.165) is 18.4 Å². The molecule has 1 aromatic rings. The molecule has 0 fully saturated rings. The van der Waals surface area contributed by atoms with Crippen molar-refractivity contribution >= 4 is 5.97 Å². The molecule has 1 aromatic carbocycles. The summed E-state index contributed by atoms with van der Waals surface area (Å²) >= 11 is 0. The molecule has 109 valence electrons. The van der Waals surface area contributed by atoms with Crippen LogP contribution in [0.1, 0.15) is 44.6 Å². The van der Waals surface area contributed by atoms with Crippen molar-refractivity contribution < 1.29 is 9.90 Å². The largest absolute Gasteiger partial charge is 0.481 e. The molecule has 0 aliphatic rings. The summed E-state index contributed by atoms with van der Waals surface area (Å²) in [4.78, 5) is 10.2. The molecular weight excluding hydrogens is 248 g/mol. The predicted octanol–water partition coefficient (Wildman–Crippen LogP) is 4.82. The van der Waals surface area contributed by atoms with Crippen molar-refractivity contribution in [2.75, 3.05) is 0 Å². The molecule has 20 heavy (non-hydrogen) atoms. The fourth-order valence-corrected chi connectivity index (χ4v) is 1.52. The summed E-state index contributed by atoms with van der Waals surface area (Å²) in [5.74, 6) is -0.786. The van der Waals surface area contributed by atoms with E-state index >= 15 is 0 Å². The summed E-state index contributed by atoms with van der Waals surface area (Å²) < 4.78 is 0. The lowest BCUT2D eigenvalue weighted by Gasteiger charge is -1.92. The molecule has 1 rings (SSSR count). The Morgan fingerprint density at radius 1 is 1.15 bits per heavy atom. The number of carboxylic acids is 1. The van der Waals surface area contributed by atoms with Crippen molar-refractivity contribution in [2.24, 2.45) is 0 Å². The minimum atomic E-state index is -0.786. The van der Waals surface area contributed by atoms with Crippen molar-refractivity contribution in [2.45, 2.75) is 45.4 Å². The van der Waals surface area contributed by atoms with Crippen LogP contribution in [0.4, 0.5) is 0 Å². The maximum absolute atomic E-state index is 10.2. The molecule has 0 saturated heterocycles. The second-order valence-electron chi connectivity index (χ2n) is 4.48. The van der Waals surface area contributed by atoms with Crippen LogP contribution in [0.15, 0.2) is 48.6 Å². The smallest absolute Gasteiger partial charge is 0.307 e. The number of carbonyl (C=O) groups is 1. The number of allylic oxidation sites excluding steroid dienone is 3. The normalized spacial score (nSPS) is 9.85. The Balaban J connectivity index is 0.000000361. The maximum Gasteiger partial charge on any atom is 0.307 e. The van der Waals surface area contributed by atoms with E-state index in [1.807, 2.05) is 18.2 Å². The van der Waals surface area contributed by atoms with E-state index in [1.54, 1.807) is 18.2 Å². The Labute approximate surface area is 122 Å². The lowest BCUT2D eigenvalue weighted by atomic mass is 10.2. The quantitative estimate of drug-likeness (QED) is 0.545. The van der Waals surface area contributed by atoms with Crippen molar-refractivity contribution in [3.8, 4) is 0 Å². The number of benzene rings is 1. The van der Waals surface area contributed by atoms with Crippen LogP contribution in [-0.4, -0.2) is 11.1 Å². The minimum absolute atomic E-state index is 0.112. The van der Waals surface area contributed by atoms with Gasteiger partial charge in [-0.1, -0.05) is 74.9 Å². The topological polar surface area (TPSA) is 37.3 Å². The van der Waals surface area contributed by atoms with Crippen molar-refractivity contribution in [1.82, 2.24) is 0 Å². The molecule has 0 spiro atoms. The number of hydrogen-bond acceptors (Lipinski definition) is 1. The third kappa shape index (κ3) is 12.6. The van der Waals surface area contributed by atoms with Crippen LogP contribution in [0.3, 0.4) is 0 Å². The van der Waals surface area contributed by atoms with Crippen LogP contribution in [-0.2, 0) is 11.2 Å². The molecule has 0 aromatic heterocycles. The lowest BCUT2D eigenvalue weighted by molar-refractivity contribution is -0.136. The van der Waals surface area contributed by atoms with E-state index in [4.69, 9.17) is 11.7 Å². The first kappa shape index (κ1) is 18.2. The van der Waals surface area contributed by atoms with Crippen molar-refractivity contribution in [3.05, 3.63) is 60.7 Å². The first-order valence-corrected chi connectivity index (χ1v) is 7.14. The number of rotatable bonds is 8. The van der Waals surface area contributed by atoms with Gasteiger partial charge in [0.1, 0.15) is 0 Å².